The number of hydrogen-bond donors (Lipinski definition) is 1. The fourth-order valence-corrected chi connectivity index (χ4v) is 2.76. The van der Waals surface area contributed by atoms with E-state index >= 15 is 0 Å². The van der Waals surface area contributed by atoms with Gasteiger partial charge in [-0.3, -0.25) is 0 Å². The minimum Gasteiger partial charge on any atom is -0.456 e. The first-order valence-corrected chi connectivity index (χ1v) is 7.66. The predicted octanol–water partition coefficient (Wildman–Crippen LogP) is 3.95. The second kappa shape index (κ2) is 6.10. The van der Waals surface area contributed by atoms with Crippen molar-refractivity contribution in [3.05, 3.63) is 64.2 Å². The van der Waals surface area contributed by atoms with Crippen LogP contribution in [0.15, 0.2) is 46.9 Å². The third kappa shape index (κ3) is 2.64. The number of anilines is 1. The Labute approximate surface area is 130 Å². The van der Waals surface area contributed by atoms with Crippen LogP contribution in [0, 0.1) is 6.92 Å². The first-order chi connectivity index (χ1) is 10.7. The summed E-state index contributed by atoms with van der Waals surface area (Å²) in [7, 11) is 0. The lowest BCUT2D eigenvalue weighted by Gasteiger charge is -2.08. The molecule has 0 unspecified atom stereocenters. The van der Waals surface area contributed by atoms with Gasteiger partial charge in [0, 0.05) is 22.8 Å². The number of hydrogen-bond acceptors (Lipinski definition) is 2. The molecule has 0 saturated heterocycles. The highest BCUT2D eigenvalue weighted by Crippen LogP contribution is 2.17. The zero-order chi connectivity index (χ0) is 15.5. The summed E-state index contributed by atoms with van der Waals surface area (Å²) in [6, 6.07) is 14.7. The quantitative estimate of drug-likeness (QED) is 0.790. The van der Waals surface area contributed by atoms with E-state index in [4.69, 9.17) is 4.42 Å². The van der Waals surface area contributed by atoms with Crippen molar-refractivity contribution in [3.63, 3.8) is 0 Å². The van der Waals surface area contributed by atoms with Crippen molar-refractivity contribution >= 4 is 28.8 Å². The van der Waals surface area contributed by atoms with E-state index in [9.17, 15) is 0 Å². The number of benzene rings is 2. The smallest absolute Gasteiger partial charge is 0.135 e. The minimum atomic E-state index is 0.827. The van der Waals surface area contributed by atoms with Gasteiger partial charge in [0.1, 0.15) is 11.0 Å². The van der Waals surface area contributed by atoms with E-state index in [1.54, 1.807) is 0 Å². The Morgan fingerprint density at radius 2 is 1.86 bits per heavy atom. The van der Waals surface area contributed by atoms with Crippen LogP contribution in [0.3, 0.4) is 0 Å². The standard InChI is InChI=1S/C20H21NO/c1-4-17-18-12-16(10-11-20(18)22-19(17)5-2)21-13-15-9-7-6-8-14(15)3/h4-12,21H,13H2,1-3H3/b17-4-,19-5+. The third-order valence-corrected chi connectivity index (χ3v) is 4.05. The maximum atomic E-state index is 5.86. The van der Waals surface area contributed by atoms with Gasteiger partial charge < -0.3 is 9.73 Å². The molecule has 3 rings (SSSR count). The summed E-state index contributed by atoms with van der Waals surface area (Å²) in [5.74, 6) is 0. The summed E-state index contributed by atoms with van der Waals surface area (Å²) in [5, 5.41) is 5.83. The second-order valence-electron chi connectivity index (χ2n) is 5.45. The van der Waals surface area contributed by atoms with E-state index in [0.29, 0.717) is 0 Å². The van der Waals surface area contributed by atoms with Gasteiger partial charge in [-0.25, -0.2) is 0 Å². The Kier molecular flexibility index (Phi) is 4.01. The molecule has 0 spiro atoms. The summed E-state index contributed by atoms with van der Waals surface area (Å²) in [5.41, 5.74) is 5.61. The van der Waals surface area contributed by atoms with Crippen LogP contribution in [-0.2, 0) is 6.54 Å². The first-order valence-electron chi connectivity index (χ1n) is 7.66. The van der Waals surface area contributed by atoms with E-state index in [0.717, 1.165) is 33.8 Å². The molecule has 0 fully saturated rings. The Morgan fingerprint density at radius 1 is 1.05 bits per heavy atom. The lowest BCUT2D eigenvalue weighted by molar-refractivity contribution is 0.575. The fraction of sp³-hybridized carbons (Fsp3) is 0.200. The highest BCUT2D eigenvalue weighted by atomic mass is 16.3. The molecule has 0 amide bonds. The maximum Gasteiger partial charge on any atom is 0.135 e. The van der Waals surface area contributed by atoms with Gasteiger partial charge >= 0.3 is 0 Å². The normalized spacial score (nSPS) is 13.0. The summed E-state index contributed by atoms with van der Waals surface area (Å²) in [6.07, 6.45) is 4.11. The van der Waals surface area contributed by atoms with E-state index in [1.165, 1.54) is 11.1 Å². The summed E-state index contributed by atoms with van der Waals surface area (Å²) in [6.45, 7) is 7.02. The Hall–Kier alpha value is -2.48. The fourth-order valence-electron chi connectivity index (χ4n) is 2.76. The van der Waals surface area contributed by atoms with Gasteiger partial charge in [-0.2, -0.15) is 0 Å². The van der Waals surface area contributed by atoms with Crippen molar-refractivity contribution in [3.8, 4) is 0 Å². The molecule has 1 aromatic heterocycles. The Morgan fingerprint density at radius 3 is 2.59 bits per heavy atom. The van der Waals surface area contributed by atoms with Gasteiger partial charge in [-0.05, 0) is 56.2 Å². The molecule has 0 aliphatic rings. The summed E-state index contributed by atoms with van der Waals surface area (Å²) >= 11 is 0. The monoisotopic (exact) mass is 291 g/mol. The van der Waals surface area contributed by atoms with Crippen LogP contribution in [0.2, 0.25) is 0 Å². The zero-order valence-electron chi connectivity index (χ0n) is 13.3. The average molecular weight is 291 g/mol. The lowest BCUT2D eigenvalue weighted by Crippen LogP contribution is -2.18. The van der Waals surface area contributed by atoms with Crippen LogP contribution >= 0.6 is 0 Å². The topological polar surface area (TPSA) is 25.2 Å². The molecule has 0 radical (unpaired) electrons. The van der Waals surface area contributed by atoms with Crippen LogP contribution in [0.25, 0.3) is 23.1 Å². The maximum absolute atomic E-state index is 5.86. The molecular weight excluding hydrogens is 270 g/mol. The van der Waals surface area contributed by atoms with E-state index in [2.05, 4.69) is 54.7 Å². The van der Waals surface area contributed by atoms with E-state index < -0.39 is 0 Å². The van der Waals surface area contributed by atoms with Gasteiger partial charge in [0.25, 0.3) is 0 Å². The lowest BCUT2D eigenvalue weighted by atomic mass is 10.1. The third-order valence-electron chi connectivity index (χ3n) is 4.05. The second-order valence-corrected chi connectivity index (χ2v) is 5.45. The average Bonchev–Trinajstić information content (AvgIpc) is 2.91. The van der Waals surface area contributed by atoms with Crippen molar-refractivity contribution in [2.45, 2.75) is 27.3 Å². The van der Waals surface area contributed by atoms with Crippen molar-refractivity contribution in [2.24, 2.45) is 0 Å². The van der Waals surface area contributed by atoms with Gasteiger partial charge in [0.15, 0.2) is 0 Å². The molecule has 1 N–H and O–H groups in total. The molecular formula is C20H21NO. The molecule has 3 aromatic rings. The molecule has 112 valence electrons. The van der Waals surface area contributed by atoms with E-state index in [1.807, 2.05) is 26.0 Å². The van der Waals surface area contributed by atoms with E-state index in [-0.39, 0.29) is 0 Å². The molecule has 2 heteroatoms. The number of nitrogens with one attached hydrogen (secondary N) is 1. The molecule has 1 heterocycles. The van der Waals surface area contributed by atoms with Crippen LogP contribution in [0.1, 0.15) is 25.0 Å². The molecule has 0 aliphatic heterocycles. The zero-order valence-corrected chi connectivity index (χ0v) is 13.3. The van der Waals surface area contributed by atoms with Crippen LogP contribution in [0.5, 0.6) is 0 Å². The highest BCUT2D eigenvalue weighted by molar-refractivity contribution is 5.82. The van der Waals surface area contributed by atoms with Crippen molar-refractivity contribution in [2.75, 3.05) is 5.32 Å². The molecule has 2 nitrogen and oxygen atoms in total. The summed E-state index contributed by atoms with van der Waals surface area (Å²) < 4.78 is 5.86. The van der Waals surface area contributed by atoms with Gasteiger partial charge in [0.2, 0.25) is 0 Å². The molecule has 2 aromatic carbocycles. The van der Waals surface area contributed by atoms with Crippen molar-refractivity contribution in [1.82, 2.24) is 0 Å². The van der Waals surface area contributed by atoms with Gasteiger partial charge in [0.05, 0.1) is 0 Å². The number of rotatable bonds is 3. The van der Waals surface area contributed by atoms with Crippen LogP contribution in [-0.4, -0.2) is 0 Å². The molecule has 0 atom stereocenters. The van der Waals surface area contributed by atoms with Crippen LogP contribution < -0.4 is 16.0 Å². The summed E-state index contributed by atoms with van der Waals surface area (Å²) in [4.78, 5) is 0. The van der Waals surface area contributed by atoms with Crippen LogP contribution in [0.4, 0.5) is 5.69 Å². The van der Waals surface area contributed by atoms with Gasteiger partial charge in [-0.15, -0.1) is 0 Å². The highest BCUT2D eigenvalue weighted by Gasteiger charge is 2.04. The number of fused-ring (bicyclic) bond motifs is 1. The Balaban J connectivity index is 1.94. The van der Waals surface area contributed by atoms with Crippen molar-refractivity contribution < 1.29 is 4.42 Å². The van der Waals surface area contributed by atoms with Gasteiger partial charge in [-0.1, -0.05) is 30.3 Å². The minimum absolute atomic E-state index is 0.827. The first kappa shape index (κ1) is 14.5. The predicted molar refractivity (Wildman–Crippen MR) is 94.2 cm³/mol. The number of aryl methyl sites for hydroxylation is 1. The Bertz CT molecular complexity index is 919. The molecule has 0 aliphatic carbocycles. The van der Waals surface area contributed by atoms with Crippen molar-refractivity contribution in [1.29, 1.82) is 0 Å². The number of furan rings is 1. The molecule has 0 saturated carbocycles. The molecule has 0 bridgehead atoms. The molecule has 22 heavy (non-hydrogen) atoms. The SMILES string of the molecule is C/C=c1\c(=C/C)oc2ccc(NCc3ccccc3C)cc12. The largest absolute Gasteiger partial charge is 0.456 e.